The first kappa shape index (κ1) is 17.7. The van der Waals surface area contributed by atoms with E-state index in [1.807, 2.05) is 0 Å². The predicted molar refractivity (Wildman–Crippen MR) is 80.8 cm³/mol. The van der Waals surface area contributed by atoms with Gasteiger partial charge in [0.15, 0.2) is 0 Å². The molecule has 0 unspecified atom stereocenters. The molecular formula is C14H10F3N3O3S. The molecule has 0 atom stereocenters. The second kappa shape index (κ2) is 6.87. The molecule has 0 aliphatic heterocycles. The molecule has 2 rings (SSSR count). The van der Waals surface area contributed by atoms with E-state index in [0.29, 0.717) is 11.8 Å². The Kier molecular flexibility index (Phi) is 5.07. The fraction of sp³-hybridized carbons (Fsp3) is 0.143. The molecule has 2 aromatic rings. The molecule has 0 spiro atoms. The molecule has 0 bridgehead atoms. The van der Waals surface area contributed by atoms with Gasteiger partial charge >= 0.3 is 6.18 Å². The standard InChI is InChI=1S/C14H10F3N3O3S/c1-8(21)19-11-3-2-6-18-13(11)24-9-4-5-12(20(22)23)10(7-9)14(15,16)17/h2-7H,1H3,(H,19,21). The Morgan fingerprint density at radius 2 is 2.04 bits per heavy atom. The van der Waals surface area contributed by atoms with Crippen molar-refractivity contribution < 1.29 is 22.9 Å². The van der Waals surface area contributed by atoms with Gasteiger partial charge in [0.25, 0.3) is 5.69 Å². The molecule has 0 radical (unpaired) electrons. The summed E-state index contributed by atoms with van der Waals surface area (Å²) in [6.07, 6.45) is -3.44. The first-order valence-corrected chi connectivity index (χ1v) is 7.26. The number of carbonyl (C=O) groups excluding carboxylic acids is 1. The monoisotopic (exact) mass is 357 g/mol. The molecule has 0 saturated heterocycles. The Hall–Kier alpha value is -2.62. The molecule has 1 aromatic heterocycles. The highest BCUT2D eigenvalue weighted by Crippen LogP contribution is 2.40. The van der Waals surface area contributed by atoms with Crippen LogP contribution in [-0.2, 0) is 11.0 Å². The van der Waals surface area contributed by atoms with Gasteiger partial charge in [-0.05, 0) is 24.3 Å². The number of amides is 1. The number of rotatable bonds is 4. The quantitative estimate of drug-likeness (QED) is 0.657. The molecule has 1 aromatic carbocycles. The summed E-state index contributed by atoms with van der Waals surface area (Å²) in [4.78, 5) is 24.9. The fourth-order valence-corrected chi connectivity index (χ4v) is 2.71. The SMILES string of the molecule is CC(=O)Nc1cccnc1Sc1ccc([N+](=O)[O-])c(C(F)(F)F)c1. The Morgan fingerprint density at radius 3 is 2.62 bits per heavy atom. The maximum Gasteiger partial charge on any atom is 0.423 e. The number of nitro groups is 1. The largest absolute Gasteiger partial charge is 0.423 e. The number of nitro benzene ring substituents is 1. The number of aromatic nitrogens is 1. The average Bonchev–Trinajstić information content (AvgIpc) is 2.47. The summed E-state index contributed by atoms with van der Waals surface area (Å²) >= 11 is 0.858. The van der Waals surface area contributed by atoms with Gasteiger partial charge in [0.2, 0.25) is 5.91 Å². The zero-order valence-electron chi connectivity index (χ0n) is 12.1. The second-order valence-electron chi connectivity index (χ2n) is 4.57. The summed E-state index contributed by atoms with van der Waals surface area (Å²) in [5.41, 5.74) is -2.02. The maximum absolute atomic E-state index is 13.0. The molecular weight excluding hydrogens is 347 g/mol. The normalized spacial score (nSPS) is 11.2. The molecule has 1 N–H and O–H groups in total. The third-order valence-corrected chi connectivity index (χ3v) is 3.77. The molecule has 1 amide bonds. The highest BCUT2D eigenvalue weighted by Gasteiger charge is 2.38. The van der Waals surface area contributed by atoms with Crippen LogP contribution >= 0.6 is 11.8 Å². The lowest BCUT2D eigenvalue weighted by Gasteiger charge is -2.11. The van der Waals surface area contributed by atoms with E-state index in [2.05, 4.69) is 10.3 Å². The van der Waals surface area contributed by atoms with Crippen LogP contribution in [0.1, 0.15) is 12.5 Å². The van der Waals surface area contributed by atoms with Crippen LogP contribution in [0.2, 0.25) is 0 Å². The summed E-state index contributed by atoms with van der Waals surface area (Å²) in [5, 5.41) is 13.5. The van der Waals surface area contributed by atoms with E-state index in [-0.39, 0.29) is 15.8 Å². The van der Waals surface area contributed by atoms with Crippen molar-refractivity contribution in [2.75, 3.05) is 5.32 Å². The average molecular weight is 357 g/mol. The Balaban J connectivity index is 2.41. The Labute approximate surface area is 138 Å². The summed E-state index contributed by atoms with van der Waals surface area (Å²) in [6.45, 7) is 1.29. The van der Waals surface area contributed by atoms with Crippen LogP contribution in [0.15, 0.2) is 46.5 Å². The van der Waals surface area contributed by atoms with Gasteiger partial charge in [-0.15, -0.1) is 0 Å². The zero-order chi connectivity index (χ0) is 17.9. The minimum absolute atomic E-state index is 0.109. The number of pyridine rings is 1. The Bertz CT molecular complexity index is 796. The van der Waals surface area contributed by atoms with E-state index in [9.17, 15) is 28.1 Å². The van der Waals surface area contributed by atoms with Crippen molar-refractivity contribution in [2.24, 2.45) is 0 Å². The van der Waals surface area contributed by atoms with Crippen LogP contribution in [0.5, 0.6) is 0 Å². The fourth-order valence-electron chi connectivity index (χ4n) is 1.83. The molecule has 126 valence electrons. The minimum atomic E-state index is -4.86. The van der Waals surface area contributed by atoms with Crippen LogP contribution in [-0.4, -0.2) is 15.8 Å². The maximum atomic E-state index is 13.0. The molecule has 0 fully saturated rings. The first-order valence-electron chi connectivity index (χ1n) is 6.44. The smallest absolute Gasteiger partial charge is 0.324 e. The van der Waals surface area contributed by atoms with Gasteiger partial charge in [-0.25, -0.2) is 4.98 Å². The van der Waals surface area contributed by atoms with E-state index >= 15 is 0 Å². The van der Waals surface area contributed by atoms with Gasteiger partial charge in [-0.2, -0.15) is 13.2 Å². The predicted octanol–water partition coefficient (Wildman–Crippen LogP) is 4.12. The van der Waals surface area contributed by atoms with Gasteiger partial charge in [0, 0.05) is 24.1 Å². The molecule has 0 saturated carbocycles. The number of benzene rings is 1. The van der Waals surface area contributed by atoms with Crippen LogP contribution < -0.4 is 5.32 Å². The topological polar surface area (TPSA) is 85.1 Å². The molecule has 6 nitrogen and oxygen atoms in total. The molecule has 0 aliphatic rings. The van der Waals surface area contributed by atoms with Gasteiger partial charge in [-0.3, -0.25) is 14.9 Å². The van der Waals surface area contributed by atoms with Gasteiger partial charge in [0.05, 0.1) is 10.6 Å². The lowest BCUT2D eigenvalue weighted by molar-refractivity contribution is -0.388. The molecule has 24 heavy (non-hydrogen) atoms. The van der Waals surface area contributed by atoms with Crippen LogP contribution in [0, 0.1) is 10.1 Å². The molecule has 10 heteroatoms. The second-order valence-corrected chi connectivity index (χ2v) is 5.64. The number of nitrogens with zero attached hydrogens (tertiary/aromatic N) is 2. The summed E-state index contributed by atoms with van der Waals surface area (Å²) in [7, 11) is 0. The van der Waals surface area contributed by atoms with Gasteiger partial charge in [0.1, 0.15) is 10.6 Å². The number of anilines is 1. The van der Waals surface area contributed by atoms with Gasteiger partial charge < -0.3 is 5.32 Å². The summed E-state index contributed by atoms with van der Waals surface area (Å²) < 4.78 is 39.0. The first-order chi connectivity index (χ1) is 11.2. The van der Waals surface area contributed by atoms with E-state index in [0.717, 1.165) is 17.8 Å². The van der Waals surface area contributed by atoms with Crippen molar-refractivity contribution in [2.45, 2.75) is 23.0 Å². The molecule has 0 aliphatic carbocycles. The number of hydrogen-bond acceptors (Lipinski definition) is 5. The van der Waals surface area contributed by atoms with Gasteiger partial charge in [-0.1, -0.05) is 11.8 Å². The van der Waals surface area contributed by atoms with E-state index in [4.69, 9.17) is 0 Å². The number of alkyl halides is 3. The number of hydrogen-bond donors (Lipinski definition) is 1. The Morgan fingerprint density at radius 1 is 1.33 bits per heavy atom. The highest BCUT2D eigenvalue weighted by atomic mass is 32.2. The van der Waals surface area contributed by atoms with Crippen molar-refractivity contribution in [3.63, 3.8) is 0 Å². The van der Waals surface area contributed by atoms with E-state index < -0.39 is 22.4 Å². The van der Waals surface area contributed by atoms with E-state index in [1.54, 1.807) is 12.1 Å². The van der Waals surface area contributed by atoms with Crippen molar-refractivity contribution in [1.82, 2.24) is 4.98 Å². The lowest BCUT2D eigenvalue weighted by atomic mass is 10.2. The van der Waals surface area contributed by atoms with Crippen molar-refractivity contribution in [3.05, 3.63) is 52.2 Å². The van der Waals surface area contributed by atoms with Crippen LogP contribution in [0.25, 0.3) is 0 Å². The minimum Gasteiger partial charge on any atom is -0.324 e. The summed E-state index contributed by atoms with van der Waals surface area (Å²) in [5.74, 6) is -0.357. The third-order valence-electron chi connectivity index (χ3n) is 2.77. The van der Waals surface area contributed by atoms with Crippen LogP contribution in [0.3, 0.4) is 0 Å². The highest BCUT2D eigenvalue weighted by molar-refractivity contribution is 7.99. The zero-order valence-corrected chi connectivity index (χ0v) is 12.9. The third kappa shape index (κ3) is 4.22. The van der Waals surface area contributed by atoms with Crippen LogP contribution in [0.4, 0.5) is 24.5 Å². The number of halogens is 3. The molecule has 1 heterocycles. The lowest BCUT2D eigenvalue weighted by Crippen LogP contribution is -2.09. The number of nitrogens with one attached hydrogen (secondary N) is 1. The van der Waals surface area contributed by atoms with Crippen molar-refractivity contribution in [1.29, 1.82) is 0 Å². The number of carbonyl (C=O) groups is 1. The van der Waals surface area contributed by atoms with Crippen molar-refractivity contribution in [3.8, 4) is 0 Å². The summed E-state index contributed by atoms with van der Waals surface area (Å²) in [6, 6.07) is 5.80. The van der Waals surface area contributed by atoms with E-state index in [1.165, 1.54) is 19.2 Å². The van der Waals surface area contributed by atoms with Crippen molar-refractivity contribution >= 4 is 29.0 Å².